The Morgan fingerprint density at radius 3 is 2.64 bits per heavy atom. The highest BCUT2D eigenvalue weighted by Crippen LogP contribution is 2.36. The zero-order valence-electron chi connectivity index (χ0n) is 19.0. The molecule has 1 atom stereocenters. The van der Waals surface area contributed by atoms with Gasteiger partial charge < -0.3 is 14.8 Å². The summed E-state index contributed by atoms with van der Waals surface area (Å²) in [5, 5.41) is 5.97. The lowest BCUT2D eigenvalue weighted by molar-refractivity contribution is -0.134. The van der Waals surface area contributed by atoms with Crippen LogP contribution in [0.15, 0.2) is 41.8 Å². The number of fused-ring (bicyclic) bond motifs is 3. The summed E-state index contributed by atoms with van der Waals surface area (Å²) in [4.78, 5) is 29.4. The Morgan fingerprint density at radius 2 is 1.88 bits per heavy atom. The van der Waals surface area contributed by atoms with Gasteiger partial charge in [0.05, 0.1) is 16.8 Å². The Hall–Kier alpha value is -2.31. The van der Waals surface area contributed by atoms with E-state index in [9.17, 15) is 9.59 Å². The molecule has 1 fully saturated rings. The van der Waals surface area contributed by atoms with Gasteiger partial charge in [-0.2, -0.15) is 0 Å². The van der Waals surface area contributed by atoms with Crippen LogP contribution in [0.3, 0.4) is 0 Å². The van der Waals surface area contributed by atoms with Crippen LogP contribution in [0.25, 0.3) is 10.2 Å². The number of nitrogens with zero attached hydrogens (tertiary/aromatic N) is 2. The number of nitrogens with one attached hydrogen (secondary N) is 1. The highest BCUT2D eigenvalue weighted by atomic mass is 35.5. The number of carbonyl (C=O) groups excluding carboxylic acids is 2. The van der Waals surface area contributed by atoms with Crippen molar-refractivity contribution >= 4 is 45.0 Å². The van der Waals surface area contributed by atoms with E-state index in [0.29, 0.717) is 23.8 Å². The molecule has 1 N–H and O–H groups in total. The molecule has 0 radical (unpaired) electrons. The van der Waals surface area contributed by atoms with Crippen molar-refractivity contribution in [3.05, 3.63) is 58.1 Å². The fourth-order valence-corrected chi connectivity index (χ4v) is 6.28. The molecular weight excluding hydrogens is 454 g/mol. The molecule has 0 unspecified atom stereocenters. The predicted octanol–water partition coefficient (Wildman–Crippen LogP) is 6.00. The van der Waals surface area contributed by atoms with E-state index in [1.165, 1.54) is 19.3 Å². The summed E-state index contributed by atoms with van der Waals surface area (Å²) in [7, 11) is 0. The van der Waals surface area contributed by atoms with Crippen molar-refractivity contribution in [1.29, 1.82) is 0 Å². The number of carbonyl (C=O) groups is 2. The van der Waals surface area contributed by atoms with Crippen molar-refractivity contribution in [2.24, 2.45) is 0 Å². The molecule has 5 nitrogen and oxygen atoms in total. The van der Waals surface area contributed by atoms with Crippen LogP contribution in [0.5, 0.6) is 0 Å². The molecule has 0 spiro atoms. The lowest BCUT2D eigenvalue weighted by Crippen LogP contribution is -2.64. The summed E-state index contributed by atoms with van der Waals surface area (Å²) < 4.78 is 3.09. The number of hydrogen-bond donors (Lipinski definition) is 1. The summed E-state index contributed by atoms with van der Waals surface area (Å²) in [5.41, 5.74) is 1.49. The third kappa shape index (κ3) is 4.19. The first-order chi connectivity index (χ1) is 16.0. The monoisotopic (exact) mass is 483 g/mol. The third-order valence-electron chi connectivity index (χ3n) is 7.26. The second kappa shape index (κ2) is 9.15. The first-order valence-electron chi connectivity index (χ1n) is 11.9. The third-order valence-corrected chi connectivity index (χ3v) is 8.49. The van der Waals surface area contributed by atoms with Crippen molar-refractivity contribution in [2.45, 2.75) is 76.5 Å². The molecule has 1 aliphatic heterocycles. The molecule has 1 aromatic carbocycles. The lowest BCUT2D eigenvalue weighted by Gasteiger charge is -2.45. The zero-order chi connectivity index (χ0) is 23.0. The predicted molar refractivity (Wildman–Crippen MR) is 134 cm³/mol. The van der Waals surface area contributed by atoms with Gasteiger partial charge in [0.1, 0.15) is 11.2 Å². The molecule has 7 heteroatoms. The average molecular weight is 484 g/mol. The average Bonchev–Trinajstić information content (AvgIpc) is 3.36. The van der Waals surface area contributed by atoms with Gasteiger partial charge in [-0.25, -0.2) is 0 Å². The maximum Gasteiger partial charge on any atom is 0.271 e. The molecule has 0 saturated heterocycles. The molecular formula is C26H30ClN3O2S. The van der Waals surface area contributed by atoms with Gasteiger partial charge in [-0.05, 0) is 48.9 Å². The van der Waals surface area contributed by atoms with Gasteiger partial charge in [0, 0.05) is 17.6 Å². The minimum Gasteiger partial charge on any atom is -0.351 e. The van der Waals surface area contributed by atoms with Gasteiger partial charge >= 0.3 is 0 Å². The largest absolute Gasteiger partial charge is 0.351 e. The van der Waals surface area contributed by atoms with E-state index in [2.05, 4.69) is 5.32 Å². The van der Waals surface area contributed by atoms with Gasteiger partial charge in [0.2, 0.25) is 5.91 Å². The zero-order valence-corrected chi connectivity index (χ0v) is 20.6. The van der Waals surface area contributed by atoms with Crippen LogP contribution in [0.2, 0.25) is 5.02 Å². The molecule has 1 saturated carbocycles. The standard InChI is InChI=1S/C26H30ClN3O2S/c1-26(25(32)28-19-10-5-3-2-4-6-11-19)17-29-21-13-14-33-23(21)15-22(29)24(31)30(26)16-18-9-7-8-12-20(18)27/h7-9,12-15,19H,2-6,10-11,16-17H2,1H3,(H,28,32)/t26-/m0/s1. The van der Waals surface area contributed by atoms with E-state index in [1.54, 1.807) is 16.2 Å². The van der Waals surface area contributed by atoms with Crippen LogP contribution in [0, 0.1) is 0 Å². The number of rotatable bonds is 4. The van der Waals surface area contributed by atoms with Crippen LogP contribution in [-0.4, -0.2) is 32.9 Å². The van der Waals surface area contributed by atoms with Crippen LogP contribution in [-0.2, 0) is 17.9 Å². The molecule has 2 aromatic heterocycles. The van der Waals surface area contributed by atoms with Gasteiger partial charge in [0.25, 0.3) is 5.91 Å². The molecule has 33 heavy (non-hydrogen) atoms. The highest BCUT2D eigenvalue weighted by Gasteiger charge is 2.48. The summed E-state index contributed by atoms with van der Waals surface area (Å²) in [6.07, 6.45) is 8.02. The number of aromatic nitrogens is 1. The number of thiophene rings is 1. The Bertz CT molecular complexity index is 1180. The molecule has 2 aliphatic rings. The van der Waals surface area contributed by atoms with Gasteiger partial charge in [-0.15, -0.1) is 11.3 Å². The molecule has 3 heterocycles. The second-order valence-electron chi connectivity index (χ2n) is 9.56. The summed E-state index contributed by atoms with van der Waals surface area (Å²) in [6.45, 7) is 2.63. The maximum atomic E-state index is 13.9. The van der Waals surface area contributed by atoms with E-state index in [4.69, 9.17) is 11.6 Å². The maximum absolute atomic E-state index is 13.9. The number of halogens is 1. The summed E-state index contributed by atoms with van der Waals surface area (Å²) in [5.74, 6) is -0.198. The fourth-order valence-electron chi connectivity index (χ4n) is 5.26. The number of amides is 2. The first-order valence-corrected chi connectivity index (χ1v) is 13.2. The Labute approximate surface area is 203 Å². The van der Waals surface area contributed by atoms with Crippen LogP contribution >= 0.6 is 22.9 Å². The van der Waals surface area contributed by atoms with Crippen LogP contribution < -0.4 is 5.32 Å². The minimum atomic E-state index is -1.01. The van der Waals surface area contributed by atoms with Gasteiger partial charge in [-0.3, -0.25) is 9.59 Å². The smallest absolute Gasteiger partial charge is 0.271 e. The Kier molecular flexibility index (Phi) is 6.23. The van der Waals surface area contributed by atoms with Crippen molar-refractivity contribution in [3.8, 4) is 0 Å². The second-order valence-corrected chi connectivity index (χ2v) is 10.9. The van der Waals surface area contributed by atoms with E-state index < -0.39 is 5.54 Å². The van der Waals surface area contributed by atoms with Gasteiger partial charge in [-0.1, -0.05) is 61.9 Å². The number of hydrogen-bond acceptors (Lipinski definition) is 3. The Morgan fingerprint density at radius 1 is 1.15 bits per heavy atom. The van der Waals surface area contributed by atoms with E-state index in [0.717, 1.165) is 41.5 Å². The normalized spacial score (nSPS) is 22.1. The van der Waals surface area contributed by atoms with Crippen molar-refractivity contribution in [2.75, 3.05) is 0 Å². The number of benzene rings is 1. The SMILES string of the molecule is C[C@@]1(C(=O)NC2CCCCCCC2)Cn2c(cc3sccc32)C(=O)N1Cc1ccccc1Cl. The molecule has 2 amide bonds. The van der Waals surface area contributed by atoms with Crippen molar-refractivity contribution in [3.63, 3.8) is 0 Å². The molecule has 0 bridgehead atoms. The minimum absolute atomic E-state index is 0.0730. The first kappa shape index (κ1) is 22.5. The van der Waals surface area contributed by atoms with Crippen LogP contribution in [0.4, 0.5) is 0 Å². The van der Waals surface area contributed by atoms with Crippen molar-refractivity contribution < 1.29 is 9.59 Å². The molecule has 3 aromatic rings. The molecule has 5 rings (SSSR count). The lowest BCUT2D eigenvalue weighted by atomic mass is 9.91. The van der Waals surface area contributed by atoms with Crippen LogP contribution in [0.1, 0.15) is 67.9 Å². The topological polar surface area (TPSA) is 54.3 Å². The van der Waals surface area contributed by atoms with E-state index >= 15 is 0 Å². The van der Waals surface area contributed by atoms with E-state index in [-0.39, 0.29) is 17.9 Å². The summed E-state index contributed by atoms with van der Waals surface area (Å²) in [6, 6.07) is 11.7. The fraction of sp³-hybridized carbons (Fsp3) is 0.462. The summed E-state index contributed by atoms with van der Waals surface area (Å²) >= 11 is 8.08. The van der Waals surface area contributed by atoms with Crippen molar-refractivity contribution in [1.82, 2.24) is 14.8 Å². The quantitative estimate of drug-likeness (QED) is 0.494. The van der Waals surface area contributed by atoms with E-state index in [1.807, 2.05) is 53.3 Å². The highest BCUT2D eigenvalue weighted by molar-refractivity contribution is 7.17. The Balaban J connectivity index is 1.50. The van der Waals surface area contributed by atoms with Gasteiger partial charge in [0.15, 0.2) is 0 Å². The molecule has 174 valence electrons. The molecule has 1 aliphatic carbocycles.